The van der Waals surface area contributed by atoms with E-state index in [-0.39, 0.29) is 29.6 Å². The maximum absolute atomic E-state index is 7.25. The van der Waals surface area contributed by atoms with Crippen molar-refractivity contribution in [1.29, 1.82) is 0 Å². The van der Waals surface area contributed by atoms with Crippen molar-refractivity contribution in [2.45, 2.75) is 19.8 Å². The van der Waals surface area contributed by atoms with Crippen molar-refractivity contribution in [3.8, 4) is 0 Å². The SMILES string of the molecule is CC(C)c1ccccc1.[Na+].[O-]O. The summed E-state index contributed by atoms with van der Waals surface area (Å²) in [5.41, 5.74) is 1.41. The smallest absolute Gasteiger partial charge is 0.727 e. The summed E-state index contributed by atoms with van der Waals surface area (Å²) < 4.78 is 0. The molecule has 3 heteroatoms. The standard InChI is InChI=1S/C9H12.Na.H2O2/c1-8(2)9-6-4-3-5-7-9;;1-2/h3-8H,1-2H3;;1-2H/q;+1;/p-1. The summed E-state index contributed by atoms with van der Waals surface area (Å²) in [6.45, 7) is 4.41. The Bertz CT molecular complexity index is 175. The summed E-state index contributed by atoms with van der Waals surface area (Å²) >= 11 is 0. The van der Waals surface area contributed by atoms with Crippen LogP contribution in [0.2, 0.25) is 0 Å². The van der Waals surface area contributed by atoms with Crippen LogP contribution in [0, 0.1) is 0 Å². The molecule has 0 fully saturated rings. The van der Waals surface area contributed by atoms with Crippen LogP contribution in [-0.2, 0) is 0 Å². The fraction of sp³-hybridized carbons (Fsp3) is 0.333. The molecule has 0 atom stereocenters. The predicted octanol–water partition coefficient (Wildman–Crippen LogP) is -1.37. The van der Waals surface area contributed by atoms with Crippen LogP contribution in [0.4, 0.5) is 0 Å². The van der Waals surface area contributed by atoms with Gasteiger partial charge in [-0.05, 0) is 11.5 Å². The maximum atomic E-state index is 7.25. The second-order valence-corrected chi connectivity index (χ2v) is 2.57. The Kier molecular flexibility index (Phi) is 11.3. The van der Waals surface area contributed by atoms with E-state index in [9.17, 15) is 0 Å². The molecule has 1 N–H and O–H groups in total. The number of hydrogen-bond donors (Lipinski definition) is 1. The van der Waals surface area contributed by atoms with Gasteiger partial charge in [-0.3, -0.25) is 0 Å². The van der Waals surface area contributed by atoms with Crippen molar-refractivity contribution < 1.29 is 40.1 Å². The summed E-state index contributed by atoms with van der Waals surface area (Å²) in [4.78, 5) is 0. The number of hydrogen-bond acceptors (Lipinski definition) is 2. The van der Waals surface area contributed by atoms with E-state index >= 15 is 0 Å². The Morgan fingerprint density at radius 3 is 1.75 bits per heavy atom. The van der Waals surface area contributed by atoms with Crippen molar-refractivity contribution in [2.24, 2.45) is 0 Å². The average molecular weight is 176 g/mol. The summed E-state index contributed by atoms with van der Waals surface area (Å²) in [6, 6.07) is 10.5. The molecule has 1 aromatic rings. The fourth-order valence-corrected chi connectivity index (χ4v) is 0.838. The van der Waals surface area contributed by atoms with Crippen LogP contribution in [-0.4, -0.2) is 5.26 Å². The van der Waals surface area contributed by atoms with E-state index in [2.05, 4.69) is 38.1 Å². The maximum Gasteiger partial charge on any atom is 1.00 e. The van der Waals surface area contributed by atoms with E-state index in [1.165, 1.54) is 5.56 Å². The van der Waals surface area contributed by atoms with Gasteiger partial charge in [-0.25, -0.2) is 0 Å². The molecule has 0 saturated heterocycles. The van der Waals surface area contributed by atoms with Gasteiger partial charge >= 0.3 is 29.6 Å². The zero-order valence-corrected chi connectivity index (χ0v) is 9.82. The van der Waals surface area contributed by atoms with Crippen LogP contribution in [0.1, 0.15) is 25.3 Å². The third kappa shape index (κ3) is 5.75. The van der Waals surface area contributed by atoms with Crippen LogP contribution in [0.3, 0.4) is 0 Å². The minimum atomic E-state index is 0. The zero-order valence-electron chi connectivity index (χ0n) is 7.82. The minimum absolute atomic E-state index is 0. The molecule has 0 radical (unpaired) electrons. The molecule has 0 spiro atoms. The molecule has 0 aliphatic carbocycles. The normalized spacial score (nSPS) is 8.08. The first-order valence-corrected chi connectivity index (χ1v) is 3.54. The van der Waals surface area contributed by atoms with E-state index in [4.69, 9.17) is 10.5 Å². The Balaban J connectivity index is 0. The van der Waals surface area contributed by atoms with Gasteiger partial charge in [0.15, 0.2) is 0 Å². The molecule has 0 unspecified atom stereocenters. The largest absolute Gasteiger partial charge is 1.00 e. The summed E-state index contributed by atoms with van der Waals surface area (Å²) in [6.07, 6.45) is 0. The molecular weight excluding hydrogens is 163 g/mol. The monoisotopic (exact) mass is 176 g/mol. The molecular formula is C9H13NaO2. The predicted molar refractivity (Wildman–Crippen MR) is 43.2 cm³/mol. The quantitative estimate of drug-likeness (QED) is 0.326. The van der Waals surface area contributed by atoms with Crippen molar-refractivity contribution in [2.75, 3.05) is 0 Å². The second-order valence-electron chi connectivity index (χ2n) is 2.57. The molecule has 12 heavy (non-hydrogen) atoms. The Morgan fingerprint density at radius 1 is 1.08 bits per heavy atom. The first-order chi connectivity index (χ1) is 5.30. The van der Waals surface area contributed by atoms with Gasteiger partial charge in [-0.2, -0.15) is 0 Å². The third-order valence-electron chi connectivity index (χ3n) is 1.47. The van der Waals surface area contributed by atoms with E-state index < -0.39 is 0 Å². The minimum Gasteiger partial charge on any atom is -0.727 e. The van der Waals surface area contributed by atoms with Crippen LogP contribution < -0.4 is 34.8 Å². The molecule has 1 rings (SSSR count). The van der Waals surface area contributed by atoms with Crippen molar-refractivity contribution in [3.63, 3.8) is 0 Å². The van der Waals surface area contributed by atoms with Crippen LogP contribution >= 0.6 is 0 Å². The molecule has 0 heterocycles. The van der Waals surface area contributed by atoms with E-state index in [1.807, 2.05) is 6.07 Å². The van der Waals surface area contributed by atoms with E-state index in [0.29, 0.717) is 5.92 Å². The molecule has 2 nitrogen and oxygen atoms in total. The second kappa shape index (κ2) is 9.23. The third-order valence-corrected chi connectivity index (χ3v) is 1.47. The van der Waals surface area contributed by atoms with Crippen LogP contribution in [0.25, 0.3) is 0 Å². The van der Waals surface area contributed by atoms with E-state index in [0.717, 1.165) is 0 Å². The molecule has 1 aromatic carbocycles. The molecule has 0 aliphatic heterocycles. The van der Waals surface area contributed by atoms with Gasteiger partial charge in [0.2, 0.25) is 0 Å². The van der Waals surface area contributed by atoms with Gasteiger partial charge in [0, 0.05) is 0 Å². The Labute approximate surface area is 95.5 Å². The van der Waals surface area contributed by atoms with Gasteiger partial charge in [0.1, 0.15) is 0 Å². The molecule has 0 amide bonds. The molecule has 0 aliphatic rings. The van der Waals surface area contributed by atoms with Gasteiger partial charge < -0.3 is 10.5 Å². The van der Waals surface area contributed by atoms with Gasteiger partial charge in [-0.1, -0.05) is 44.2 Å². The first-order valence-electron chi connectivity index (χ1n) is 3.54. The van der Waals surface area contributed by atoms with Crippen LogP contribution in [0.15, 0.2) is 30.3 Å². The molecule has 0 aromatic heterocycles. The Morgan fingerprint density at radius 2 is 1.50 bits per heavy atom. The molecule has 62 valence electrons. The zero-order chi connectivity index (χ0) is 8.69. The fourth-order valence-electron chi connectivity index (χ4n) is 0.838. The van der Waals surface area contributed by atoms with E-state index in [1.54, 1.807) is 0 Å². The number of benzene rings is 1. The summed E-state index contributed by atoms with van der Waals surface area (Å²) in [5, 5.41) is 13.0. The van der Waals surface area contributed by atoms with Crippen molar-refractivity contribution >= 4 is 0 Å². The molecule has 0 saturated carbocycles. The number of rotatable bonds is 1. The topological polar surface area (TPSA) is 43.3 Å². The van der Waals surface area contributed by atoms with Crippen LogP contribution in [0.5, 0.6) is 0 Å². The molecule has 0 bridgehead atoms. The van der Waals surface area contributed by atoms with Crippen molar-refractivity contribution in [1.82, 2.24) is 0 Å². The summed E-state index contributed by atoms with van der Waals surface area (Å²) in [5.74, 6) is 0.659. The van der Waals surface area contributed by atoms with Gasteiger partial charge in [-0.15, -0.1) is 0 Å². The summed E-state index contributed by atoms with van der Waals surface area (Å²) in [7, 11) is 0. The first kappa shape index (κ1) is 14.7. The Hall–Kier alpha value is 0.140. The average Bonchev–Trinajstić information content (AvgIpc) is 2.10. The van der Waals surface area contributed by atoms with Gasteiger partial charge in [0.25, 0.3) is 0 Å². The van der Waals surface area contributed by atoms with Crippen molar-refractivity contribution in [3.05, 3.63) is 35.9 Å². The van der Waals surface area contributed by atoms with Gasteiger partial charge in [0.05, 0.1) is 0 Å².